The molecule has 0 heterocycles. The first-order valence-electron chi connectivity index (χ1n) is 7.59. The summed E-state index contributed by atoms with van der Waals surface area (Å²) in [5, 5.41) is 16.0. The Bertz CT molecular complexity index is 861. The maximum atomic E-state index is 11.9. The van der Waals surface area contributed by atoms with E-state index in [4.69, 9.17) is 4.74 Å². The Hall–Kier alpha value is -2.87. The highest BCUT2D eigenvalue weighted by Crippen LogP contribution is 2.34. The van der Waals surface area contributed by atoms with Crippen molar-refractivity contribution in [3.8, 4) is 11.5 Å². The minimum Gasteiger partial charge on any atom is -0.503 e. The van der Waals surface area contributed by atoms with E-state index in [1.54, 1.807) is 18.2 Å². The lowest BCUT2D eigenvalue weighted by atomic mass is 10.1. The van der Waals surface area contributed by atoms with Gasteiger partial charge in [0.05, 0.1) is 17.8 Å². The predicted molar refractivity (Wildman–Crippen MR) is 103 cm³/mol. The Labute approximate surface area is 159 Å². The van der Waals surface area contributed by atoms with Crippen molar-refractivity contribution in [1.82, 2.24) is 5.43 Å². The number of anilines is 1. The van der Waals surface area contributed by atoms with Crippen molar-refractivity contribution >= 4 is 39.6 Å². The number of hydrogen-bond donors (Lipinski definition) is 3. The van der Waals surface area contributed by atoms with Crippen LogP contribution in [-0.4, -0.2) is 30.2 Å². The first-order valence-corrected chi connectivity index (χ1v) is 8.38. The number of halogens is 1. The molecule has 0 atom stereocenters. The molecule has 26 heavy (non-hydrogen) atoms. The number of carbonyl (C=O) groups excluding carboxylic acids is 2. The summed E-state index contributed by atoms with van der Waals surface area (Å²) in [5.41, 5.74) is 5.20. The summed E-state index contributed by atoms with van der Waals surface area (Å²) in [6.45, 7) is 3.80. The van der Waals surface area contributed by atoms with Gasteiger partial charge in [-0.2, -0.15) is 5.10 Å². The van der Waals surface area contributed by atoms with Crippen LogP contribution in [0.1, 0.15) is 16.7 Å². The number of carbonyl (C=O) groups is 2. The number of phenols is 1. The van der Waals surface area contributed by atoms with Crippen LogP contribution in [0.3, 0.4) is 0 Å². The first-order chi connectivity index (χ1) is 12.3. The second-order valence-electron chi connectivity index (χ2n) is 5.58. The molecule has 0 saturated heterocycles. The standard InChI is InChI=1S/C18H18BrN3O4/c1-10-4-11(2)6-13(5-10)21-17(24)18(25)22-20-9-12-7-14(19)16(23)15(8-12)26-3/h4-9,23H,1-3H3,(H,21,24)(H,22,25). The van der Waals surface area contributed by atoms with Crippen molar-refractivity contribution in [2.75, 3.05) is 12.4 Å². The summed E-state index contributed by atoms with van der Waals surface area (Å²) in [5.74, 6) is -1.51. The van der Waals surface area contributed by atoms with Gasteiger partial charge in [-0.15, -0.1) is 0 Å². The SMILES string of the molecule is COc1cc(C=NNC(=O)C(=O)Nc2cc(C)cc(C)c2)cc(Br)c1O. The summed E-state index contributed by atoms with van der Waals surface area (Å²) < 4.78 is 5.44. The van der Waals surface area contributed by atoms with Crippen LogP contribution < -0.4 is 15.5 Å². The number of nitrogens with zero attached hydrogens (tertiary/aromatic N) is 1. The van der Waals surface area contributed by atoms with Crippen molar-refractivity contribution in [2.45, 2.75) is 13.8 Å². The van der Waals surface area contributed by atoms with Gasteiger partial charge in [0.15, 0.2) is 11.5 Å². The lowest BCUT2D eigenvalue weighted by Crippen LogP contribution is -2.32. The number of benzene rings is 2. The van der Waals surface area contributed by atoms with Crippen molar-refractivity contribution in [2.24, 2.45) is 5.10 Å². The van der Waals surface area contributed by atoms with E-state index in [-0.39, 0.29) is 11.5 Å². The average molecular weight is 420 g/mol. The van der Waals surface area contributed by atoms with Gasteiger partial charge in [0.2, 0.25) is 0 Å². The molecule has 2 rings (SSSR count). The third-order valence-electron chi connectivity index (χ3n) is 3.34. The molecule has 136 valence electrons. The molecule has 0 spiro atoms. The van der Waals surface area contributed by atoms with Gasteiger partial charge in [-0.25, -0.2) is 5.43 Å². The molecule has 7 nitrogen and oxygen atoms in total. The second-order valence-corrected chi connectivity index (χ2v) is 6.44. The molecule has 2 aromatic carbocycles. The molecule has 0 aliphatic heterocycles. The molecule has 0 aliphatic rings. The monoisotopic (exact) mass is 419 g/mol. The van der Waals surface area contributed by atoms with E-state index >= 15 is 0 Å². The highest BCUT2D eigenvalue weighted by molar-refractivity contribution is 9.10. The number of hydrazone groups is 1. The van der Waals surface area contributed by atoms with Gasteiger partial charge < -0.3 is 15.2 Å². The molecule has 0 saturated carbocycles. The summed E-state index contributed by atoms with van der Waals surface area (Å²) >= 11 is 3.19. The number of ether oxygens (including phenoxy) is 1. The number of nitrogens with one attached hydrogen (secondary N) is 2. The van der Waals surface area contributed by atoms with E-state index in [0.29, 0.717) is 15.7 Å². The number of aryl methyl sites for hydroxylation is 2. The Morgan fingerprint density at radius 3 is 2.38 bits per heavy atom. The van der Waals surface area contributed by atoms with Crippen LogP contribution in [0.2, 0.25) is 0 Å². The fourth-order valence-corrected chi connectivity index (χ4v) is 2.73. The van der Waals surface area contributed by atoms with E-state index in [9.17, 15) is 14.7 Å². The molecule has 0 fully saturated rings. The van der Waals surface area contributed by atoms with Crippen molar-refractivity contribution in [1.29, 1.82) is 0 Å². The molecular weight excluding hydrogens is 402 g/mol. The summed E-state index contributed by atoms with van der Waals surface area (Å²) in [6.07, 6.45) is 1.33. The highest BCUT2D eigenvalue weighted by Gasteiger charge is 2.13. The fourth-order valence-electron chi connectivity index (χ4n) is 2.27. The smallest absolute Gasteiger partial charge is 0.329 e. The topological polar surface area (TPSA) is 100 Å². The predicted octanol–water partition coefficient (Wildman–Crippen LogP) is 2.87. The zero-order valence-corrected chi connectivity index (χ0v) is 16.0. The van der Waals surface area contributed by atoms with Gasteiger partial charge in [-0.3, -0.25) is 9.59 Å². The normalized spacial score (nSPS) is 10.6. The number of hydrogen-bond acceptors (Lipinski definition) is 5. The summed E-state index contributed by atoms with van der Waals surface area (Å²) in [7, 11) is 1.42. The van der Waals surface area contributed by atoms with Gasteiger partial charge >= 0.3 is 11.8 Å². The van der Waals surface area contributed by atoms with Crippen LogP contribution in [0.4, 0.5) is 5.69 Å². The molecule has 8 heteroatoms. The molecular formula is C18H18BrN3O4. The molecule has 0 radical (unpaired) electrons. The van der Waals surface area contributed by atoms with Crippen molar-refractivity contribution in [3.05, 3.63) is 51.5 Å². The Kier molecular flexibility index (Phi) is 6.35. The molecule has 2 aromatic rings. The molecule has 3 N–H and O–H groups in total. The fraction of sp³-hybridized carbons (Fsp3) is 0.167. The highest BCUT2D eigenvalue weighted by atomic mass is 79.9. The van der Waals surface area contributed by atoms with E-state index < -0.39 is 11.8 Å². The molecule has 0 aromatic heterocycles. The van der Waals surface area contributed by atoms with Crippen LogP contribution in [0, 0.1) is 13.8 Å². The third kappa shape index (κ3) is 5.06. The molecule has 2 amide bonds. The van der Waals surface area contributed by atoms with Crippen molar-refractivity contribution < 1.29 is 19.4 Å². The van der Waals surface area contributed by atoms with Crippen molar-refractivity contribution in [3.63, 3.8) is 0 Å². The van der Waals surface area contributed by atoms with Gasteiger partial charge in [0.25, 0.3) is 0 Å². The third-order valence-corrected chi connectivity index (χ3v) is 3.94. The van der Waals surface area contributed by atoms with Crippen LogP contribution >= 0.6 is 15.9 Å². The lowest BCUT2D eigenvalue weighted by Gasteiger charge is -2.07. The Morgan fingerprint density at radius 2 is 1.77 bits per heavy atom. The summed E-state index contributed by atoms with van der Waals surface area (Å²) in [6, 6.07) is 8.61. The zero-order valence-electron chi connectivity index (χ0n) is 14.5. The van der Waals surface area contributed by atoms with Gasteiger partial charge in [0.1, 0.15) is 0 Å². The quantitative estimate of drug-likeness (QED) is 0.402. The zero-order chi connectivity index (χ0) is 19.3. The number of amides is 2. The Balaban J connectivity index is 2.00. The number of phenolic OH excluding ortho intramolecular Hbond substituents is 1. The Morgan fingerprint density at radius 1 is 1.12 bits per heavy atom. The number of aromatic hydroxyl groups is 1. The molecule has 0 unspecified atom stereocenters. The largest absolute Gasteiger partial charge is 0.503 e. The number of rotatable bonds is 4. The first kappa shape index (κ1) is 19.5. The average Bonchev–Trinajstić information content (AvgIpc) is 2.56. The van der Waals surface area contributed by atoms with E-state index in [1.165, 1.54) is 19.4 Å². The maximum absolute atomic E-state index is 11.9. The van der Waals surface area contributed by atoms with Crippen LogP contribution in [0.15, 0.2) is 39.9 Å². The van der Waals surface area contributed by atoms with Crippen LogP contribution in [0.25, 0.3) is 0 Å². The van der Waals surface area contributed by atoms with E-state index in [2.05, 4.69) is 31.8 Å². The lowest BCUT2D eigenvalue weighted by molar-refractivity contribution is -0.136. The number of methoxy groups -OCH3 is 1. The maximum Gasteiger partial charge on any atom is 0.329 e. The summed E-state index contributed by atoms with van der Waals surface area (Å²) in [4.78, 5) is 23.8. The minimum absolute atomic E-state index is 0.0403. The van der Waals surface area contributed by atoms with E-state index in [1.807, 2.05) is 19.9 Å². The molecule has 0 aliphatic carbocycles. The van der Waals surface area contributed by atoms with Gasteiger partial charge in [-0.05, 0) is 70.7 Å². The van der Waals surface area contributed by atoms with Gasteiger partial charge in [0, 0.05) is 5.69 Å². The minimum atomic E-state index is -0.898. The van der Waals surface area contributed by atoms with E-state index in [0.717, 1.165) is 11.1 Å². The van der Waals surface area contributed by atoms with Crippen LogP contribution in [0.5, 0.6) is 11.5 Å². The second kappa shape index (κ2) is 8.48. The van der Waals surface area contributed by atoms with Crippen LogP contribution in [-0.2, 0) is 9.59 Å². The molecule has 0 bridgehead atoms. The van der Waals surface area contributed by atoms with Gasteiger partial charge in [-0.1, -0.05) is 6.07 Å².